The second kappa shape index (κ2) is 7.81. The number of carbonyl (C=O) groups excluding carboxylic acids is 1. The van der Waals surface area contributed by atoms with E-state index >= 15 is 0 Å². The second-order valence-corrected chi connectivity index (χ2v) is 8.05. The van der Waals surface area contributed by atoms with Gasteiger partial charge in [0.2, 0.25) is 17.6 Å². The summed E-state index contributed by atoms with van der Waals surface area (Å²) in [4.78, 5) is 18.9. The summed E-state index contributed by atoms with van der Waals surface area (Å²) in [5.41, 5.74) is 2.08. The zero-order valence-corrected chi connectivity index (χ0v) is 16.2. The smallest absolute Gasteiger partial charge is 0.228 e. The van der Waals surface area contributed by atoms with Crippen LogP contribution in [-0.4, -0.2) is 33.5 Å². The van der Waals surface area contributed by atoms with Crippen LogP contribution in [0.2, 0.25) is 0 Å². The fourth-order valence-corrected chi connectivity index (χ4v) is 2.70. The van der Waals surface area contributed by atoms with E-state index in [0.29, 0.717) is 31.1 Å². The first kappa shape index (κ1) is 19.2. The van der Waals surface area contributed by atoms with Gasteiger partial charge in [0.1, 0.15) is 0 Å². The van der Waals surface area contributed by atoms with Crippen LogP contribution in [0.15, 0.2) is 28.8 Å². The Morgan fingerprint density at radius 2 is 2.00 bits per heavy atom. The first-order chi connectivity index (χ1) is 11.7. The van der Waals surface area contributed by atoms with E-state index in [-0.39, 0.29) is 17.4 Å². The SMILES string of the molecule is Cc1cccc(-c2noc(CCN(C(=O)CC(C)(C)C)C(C)C)n2)c1. The highest BCUT2D eigenvalue weighted by Gasteiger charge is 2.23. The molecule has 0 aliphatic heterocycles. The maximum absolute atomic E-state index is 12.5. The first-order valence-corrected chi connectivity index (χ1v) is 8.85. The molecule has 136 valence electrons. The van der Waals surface area contributed by atoms with E-state index in [0.717, 1.165) is 11.1 Å². The van der Waals surface area contributed by atoms with Crippen LogP contribution in [0.4, 0.5) is 0 Å². The largest absolute Gasteiger partial charge is 0.340 e. The van der Waals surface area contributed by atoms with E-state index in [4.69, 9.17) is 4.52 Å². The number of benzene rings is 1. The fourth-order valence-electron chi connectivity index (χ4n) is 2.70. The zero-order valence-electron chi connectivity index (χ0n) is 16.2. The molecule has 0 atom stereocenters. The highest BCUT2D eigenvalue weighted by Crippen LogP contribution is 2.21. The summed E-state index contributed by atoms with van der Waals surface area (Å²) < 4.78 is 5.37. The Bertz CT molecular complexity index is 714. The van der Waals surface area contributed by atoms with E-state index in [1.165, 1.54) is 0 Å². The molecule has 0 saturated heterocycles. The van der Waals surface area contributed by atoms with Crippen LogP contribution in [0.1, 0.15) is 52.5 Å². The van der Waals surface area contributed by atoms with Crippen LogP contribution in [0.3, 0.4) is 0 Å². The first-order valence-electron chi connectivity index (χ1n) is 8.85. The van der Waals surface area contributed by atoms with Crippen LogP contribution >= 0.6 is 0 Å². The number of aryl methyl sites for hydroxylation is 1. The van der Waals surface area contributed by atoms with Gasteiger partial charge in [-0.3, -0.25) is 4.79 Å². The summed E-state index contributed by atoms with van der Waals surface area (Å²) in [6.45, 7) is 12.9. The lowest BCUT2D eigenvalue weighted by Gasteiger charge is -2.29. The minimum absolute atomic E-state index is 0.0208. The molecule has 0 bridgehead atoms. The molecule has 25 heavy (non-hydrogen) atoms. The molecular formula is C20H29N3O2. The van der Waals surface area contributed by atoms with Crippen molar-refractivity contribution in [3.63, 3.8) is 0 Å². The molecule has 0 spiro atoms. The molecule has 0 N–H and O–H groups in total. The summed E-state index contributed by atoms with van der Waals surface area (Å²) in [5, 5.41) is 4.07. The molecule has 0 radical (unpaired) electrons. The third-order valence-electron chi connectivity index (χ3n) is 3.94. The number of carbonyl (C=O) groups is 1. The number of amides is 1. The van der Waals surface area contributed by atoms with Crippen molar-refractivity contribution in [1.29, 1.82) is 0 Å². The van der Waals surface area contributed by atoms with Crippen LogP contribution in [0, 0.1) is 12.3 Å². The van der Waals surface area contributed by atoms with E-state index < -0.39 is 0 Å². The van der Waals surface area contributed by atoms with Crippen molar-refractivity contribution in [1.82, 2.24) is 15.0 Å². The van der Waals surface area contributed by atoms with Gasteiger partial charge in [0.05, 0.1) is 0 Å². The highest BCUT2D eigenvalue weighted by molar-refractivity contribution is 5.77. The predicted molar refractivity (Wildman–Crippen MR) is 99.1 cm³/mol. The third-order valence-corrected chi connectivity index (χ3v) is 3.94. The Labute approximate surface area is 150 Å². The third kappa shape index (κ3) is 5.69. The quantitative estimate of drug-likeness (QED) is 0.786. The lowest BCUT2D eigenvalue weighted by atomic mass is 9.91. The molecule has 0 aliphatic rings. The molecule has 1 aromatic carbocycles. The number of aromatic nitrogens is 2. The summed E-state index contributed by atoms with van der Waals surface area (Å²) in [6.07, 6.45) is 1.09. The maximum Gasteiger partial charge on any atom is 0.228 e. The Morgan fingerprint density at radius 3 is 2.60 bits per heavy atom. The molecular weight excluding hydrogens is 314 g/mol. The predicted octanol–water partition coefficient (Wildman–Crippen LogP) is 4.26. The van der Waals surface area contributed by atoms with E-state index in [2.05, 4.69) is 30.9 Å². The van der Waals surface area contributed by atoms with Gasteiger partial charge in [0, 0.05) is 31.0 Å². The van der Waals surface area contributed by atoms with Gasteiger partial charge in [-0.1, -0.05) is 49.7 Å². The molecule has 1 amide bonds. The normalized spacial score (nSPS) is 11.8. The van der Waals surface area contributed by atoms with Crippen LogP contribution in [-0.2, 0) is 11.2 Å². The van der Waals surface area contributed by atoms with Crippen LogP contribution in [0.25, 0.3) is 11.4 Å². The molecule has 2 aromatic rings. The maximum atomic E-state index is 12.5. The Hall–Kier alpha value is -2.17. The molecule has 1 heterocycles. The van der Waals surface area contributed by atoms with E-state index in [9.17, 15) is 4.79 Å². The van der Waals surface area contributed by atoms with Crippen molar-refractivity contribution in [2.75, 3.05) is 6.54 Å². The molecule has 0 saturated carbocycles. The number of nitrogens with zero attached hydrogens (tertiary/aromatic N) is 3. The summed E-state index contributed by atoms with van der Waals surface area (Å²) >= 11 is 0. The highest BCUT2D eigenvalue weighted by atomic mass is 16.5. The van der Waals surface area contributed by atoms with Gasteiger partial charge in [-0.05, 0) is 32.3 Å². The van der Waals surface area contributed by atoms with Crippen molar-refractivity contribution in [3.05, 3.63) is 35.7 Å². The summed E-state index contributed by atoms with van der Waals surface area (Å²) in [6, 6.07) is 8.16. The van der Waals surface area contributed by atoms with Crippen molar-refractivity contribution in [2.24, 2.45) is 5.41 Å². The lowest BCUT2D eigenvalue weighted by Crippen LogP contribution is -2.40. The van der Waals surface area contributed by atoms with E-state index in [1.807, 2.05) is 49.9 Å². The molecule has 2 rings (SSSR count). The number of hydrogen-bond acceptors (Lipinski definition) is 4. The van der Waals surface area contributed by atoms with Crippen molar-refractivity contribution in [3.8, 4) is 11.4 Å². The average molecular weight is 343 g/mol. The minimum Gasteiger partial charge on any atom is -0.340 e. The van der Waals surface area contributed by atoms with Crippen LogP contribution < -0.4 is 0 Å². The van der Waals surface area contributed by atoms with Crippen molar-refractivity contribution >= 4 is 5.91 Å². The molecule has 1 aromatic heterocycles. The molecule has 0 unspecified atom stereocenters. The second-order valence-electron chi connectivity index (χ2n) is 8.05. The van der Waals surface area contributed by atoms with Gasteiger partial charge in [0.15, 0.2) is 0 Å². The van der Waals surface area contributed by atoms with Gasteiger partial charge in [-0.25, -0.2) is 0 Å². The van der Waals surface area contributed by atoms with Crippen molar-refractivity contribution < 1.29 is 9.32 Å². The zero-order chi connectivity index (χ0) is 18.6. The molecule has 0 aliphatic carbocycles. The summed E-state index contributed by atoms with van der Waals surface area (Å²) in [7, 11) is 0. The average Bonchev–Trinajstić information content (AvgIpc) is 2.94. The van der Waals surface area contributed by atoms with E-state index in [1.54, 1.807) is 0 Å². The Morgan fingerprint density at radius 1 is 1.28 bits per heavy atom. The van der Waals surface area contributed by atoms with Gasteiger partial charge < -0.3 is 9.42 Å². The van der Waals surface area contributed by atoms with Crippen LogP contribution in [0.5, 0.6) is 0 Å². The molecule has 0 fully saturated rings. The topological polar surface area (TPSA) is 59.2 Å². The van der Waals surface area contributed by atoms with Crippen molar-refractivity contribution in [2.45, 2.75) is 60.4 Å². The monoisotopic (exact) mass is 343 g/mol. The molecule has 5 nitrogen and oxygen atoms in total. The van der Waals surface area contributed by atoms with Gasteiger partial charge in [-0.2, -0.15) is 4.98 Å². The number of hydrogen-bond donors (Lipinski definition) is 0. The van der Waals surface area contributed by atoms with Gasteiger partial charge in [0.25, 0.3) is 0 Å². The minimum atomic E-state index is -0.0208. The Kier molecular flexibility index (Phi) is 5.98. The standard InChI is InChI=1S/C20H29N3O2/c1-14(2)23(18(24)13-20(4,5)6)11-10-17-21-19(22-25-17)16-9-7-8-15(3)12-16/h7-9,12,14H,10-11,13H2,1-6H3. The molecule has 5 heteroatoms. The summed E-state index contributed by atoms with van der Waals surface area (Å²) in [5.74, 6) is 1.32. The Balaban J connectivity index is 2.03. The van der Waals surface area contributed by atoms with Gasteiger partial charge in [-0.15, -0.1) is 0 Å². The lowest BCUT2D eigenvalue weighted by molar-refractivity contribution is -0.134. The number of rotatable bonds is 6. The fraction of sp³-hybridized carbons (Fsp3) is 0.550. The van der Waals surface area contributed by atoms with Gasteiger partial charge >= 0.3 is 0 Å².